The number of aliphatic hydroxyl groups excluding tert-OH is 1. The molecule has 14 nitrogen and oxygen atoms in total. The summed E-state index contributed by atoms with van der Waals surface area (Å²) in [5.41, 5.74) is -2.99. The number of hydrogen-bond donors (Lipinski definition) is 4. The molecule has 0 aromatic rings. The molecule has 0 radical (unpaired) electrons. The summed E-state index contributed by atoms with van der Waals surface area (Å²) in [6.07, 6.45) is 0.0556. The minimum absolute atomic E-state index is 0. The molecule has 2 heterocycles. The molecule has 0 aromatic carbocycles. The van der Waals surface area contributed by atoms with Crippen molar-refractivity contribution in [3.63, 3.8) is 0 Å². The summed E-state index contributed by atoms with van der Waals surface area (Å²) in [4.78, 5) is 64.4. The number of Topliss-reactive ketones (excluding diaryl/α,β-unsaturated/α-hetero) is 1. The van der Waals surface area contributed by atoms with Crippen molar-refractivity contribution < 1.29 is 76.3 Å². The van der Waals surface area contributed by atoms with Crippen molar-refractivity contribution in [3.05, 3.63) is 0 Å². The van der Waals surface area contributed by atoms with Gasteiger partial charge in [-0.25, -0.2) is 13.2 Å². The molecule has 41 heavy (non-hydrogen) atoms. The van der Waals surface area contributed by atoms with E-state index in [1.807, 2.05) is 13.8 Å². The fraction of sp³-hybridized carbons (Fsp3) is 0.800. The standard InChI is InChI=1S/C25H40N4O10S.Na/c1-13(2)7-18(28-24(35)39-16-9-25(10-16)11-29(12-25)22(33)14(3)4)21(32)27-17(8-15-5-6-26-20(15)31)19(30)23(34)40(36,37)38;/h13-18,23,34H,5-12H2,1-4H3,(H,26,31)(H,27,32)(H,28,35)(H,36,37,38);/q;+1/p-1/t15-,17+,18+,23?;/m1./s1. The Morgan fingerprint density at radius 2 is 1.73 bits per heavy atom. The third-order valence-electron chi connectivity index (χ3n) is 7.63. The second-order valence-electron chi connectivity index (χ2n) is 11.9. The van der Waals surface area contributed by atoms with Crippen LogP contribution in [0.5, 0.6) is 0 Å². The Morgan fingerprint density at radius 3 is 2.22 bits per heavy atom. The molecule has 4 N–H and O–H groups in total. The fourth-order valence-corrected chi connectivity index (χ4v) is 6.00. The molecule has 3 aliphatic rings. The zero-order valence-electron chi connectivity index (χ0n) is 24.2. The summed E-state index contributed by atoms with van der Waals surface area (Å²) >= 11 is 0. The zero-order chi connectivity index (χ0) is 30.0. The van der Waals surface area contributed by atoms with Gasteiger partial charge in [0.1, 0.15) is 22.3 Å². The summed E-state index contributed by atoms with van der Waals surface area (Å²) < 4.78 is 39.3. The van der Waals surface area contributed by atoms with Crippen molar-refractivity contribution in [2.75, 3.05) is 19.6 Å². The molecular formula is C25H39N4NaO10S. The Labute approximate surface area is 262 Å². The molecule has 226 valence electrons. The molecule has 16 heteroatoms. The van der Waals surface area contributed by atoms with Gasteiger partial charge in [0.05, 0.1) is 6.04 Å². The van der Waals surface area contributed by atoms with E-state index in [1.54, 1.807) is 18.7 Å². The topological polar surface area (TPSA) is 211 Å². The molecule has 1 spiro atoms. The monoisotopic (exact) mass is 610 g/mol. The van der Waals surface area contributed by atoms with E-state index >= 15 is 0 Å². The van der Waals surface area contributed by atoms with E-state index in [-0.39, 0.29) is 71.7 Å². The Kier molecular flexibility index (Phi) is 12.2. The first-order chi connectivity index (χ1) is 18.5. The molecule has 2 aliphatic heterocycles. The predicted molar refractivity (Wildman–Crippen MR) is 138 cm³/mol. The van der Waals surface area contributed by atoms with Crippen LogP contribution < -0.4 is 45.5 Å². The van der Waals surface area contributed by atoms with Gasteiger partial charge in [-0.15, -0.1) is 0 Å². The van der Waals surface area contributed by atoms with E-state index in [4.69, 9.17) is 4.74 Å². The molecule has 3 rings (SSSR count). The van der Waals surface area contributed by atoms with E-state index in [0.717, 1.165) is 0 Å². The number of rotatable bonds is 12. The first kappa shape index (κ1) is 35.4. The largest absolute Gasteiger partial charge is 1.00 e. The maximum Gasteiger partial charge on any atom is 1.00 e. The smallest absolute Gasteiger partial charge is 0.746 e. The second-order valence-corrected chi connectivity index (χ2v) is 13.4. The minimum Gasteiger partial charge on any atom is -0.746 e. The molecule has 2 saturated heterocycles. The van der Waals surface area contributed by atoms with Gasteiger partial charge in [0, 0.05) is 36.9 Å². The SMILES string of the molecule is CC(C)C[C@H](NC(=O)OC1CC2(C1)CN(C(=O)C(C)C)C2)C(=O)N[C@@H](C[C@H]1CCNC1=O)C(=O)C(O)S(=O)(=O)[O-].[Na+]. The summed E-state index contributed by atoms with van der Waals surface area (Å²) in [5.74, 6) is -3.57. The second kappa shape index (κ2) is 14.1. The number of carbonyl (C=O) groups excluding carboxylic acids is 5. The maximum absolute atomic E-state index is 13.2. The van der Waals surface area contributed by atoms with Gasteiger partial charge < -0.3 is 35.2 Å². The summed E-state index contributed by atoms with van der Waals surface area (Å²) in [6.45, 7) is 8.81. The number of nitrogens with zero attached hydrogens (tertiary/aromatic N) is 1. The van der Waals surface area contributed by atoms with Gasteiger partial charge in [-0.1, -0.05) is 27.7 Å². The van der Waals surface area contributed by atoms with Crippen LogP contribution >= 0.6 is 0 Å². The number of ether oxygens (including phenoxy) is 1. The van der Waals surface area contributed by atoms with Crippen molar-refractivity contribution in [2.45, 2.75) is 83.4 Å². The predicted octanol–water partition coefficient (Wildman–Crippen LogP) is -3.78. The maximum atomic E-state index is 13.2. The summed E-state index contributed by atoms with van der Waals surface area (Å²) in [5, 5.41) is 17.1. The first-order valence-electron chi connectivity index (χ1n) is 13.5. The van der Waals surface area contributed by atoms with Crippen molar-refractivity contribution in [1.82, 2.24) is 20.9 Å². The van der Waals surface area contributed by atoms with E-state index in [9.17, 15) is 42.0 Å². The molecule has 0 bridgehead atoms. The third kappa shape index (κ3) is 9.10. The number of nitrogens with one attached hydrogen (secondary N) is 3. The number of ketones is 1. The molecule has 3 fully saturated rings. The van der Waals surface area contributed by atoms with Crippen molar-refractivity contribution in [1.29, 1.82) is 0 Å². The number of carbonyl (C=O) groups is 5. The molecule has 1 aliphatic carbocycles. The van der Waals surface area contributed by atoms with Crippen LogP contribution in [0.4, 0.5) is 4.79 Å². The van der Waals surface area contributed by atoms with Crippen LogP contribution in [0, 0.1) is 23.2 Å². The molecule has 0 aromatic heterocycles. The number of aliphatic hydroxyl groups is 1. The van der Waals surface area contributed by atoms with E-state index in [1.165, 1.54) is 0 Å². The molecule has 4 atom stereocenters. The van der Waals surface area contributed by atoms with E-state index in [0.29, 0.717) is 38.9 Å². The van der Waals surface area contributed by atoms with Gasteiger partial charge in [-0.3, -0.25) is 19.2 Å². The number of alkyl carbamates (subject to hydrolysis) is 1. The minimum atomic E-state index is -5.43. The van der Waals surface area contributed by atoms with Crippen LogP contribution in [0.15, 0.2) is 0 Å². The third-order valence-corrected chi connectivity index (χ3v) is 8.41. The van der Waals surface area contributed by atoms with Crippen molar-refractivity contribution in [3.8, 4) is 0 Å². The van der Waals surface area contributed by atoms with Crippen LogP contribution in [0.2, 0.25) is 0 Å². The van der Waals surface area contributed by atoms with Crippen LogP contribution in [0.25, 0.3) is 0 Å². The Hall–Kier alpha value is -1.78. The van der Waals surface area contributed by atoms with Crippen molar-refractivity contribution in [2.24, 2.45) is 23.2 Å². The summed E-state index contributed by atoms with van der Waals surface area (Å²) in [7, 11) is -5.43. The first-order valence-corrected chi connectivity index (χ1v) is 15.0. The van der Waals surface area contributed by atoms with Crippen LogP contribution in [0.1, 0.15) is 59.8 Å². The Morgan fingerprint density at radius 1 is 1.12 bits per heavy atom. The number of likely N-dealkylation sites (tertiary alicyclic amines) is 1. The average molecular weight is 611 g/mol. The Bertz CT molecular complexity index is 1120. The van der Waals surface area contributed by atoms with Crippen LogP contribution in [-0.4, -0.2) is 95.8 Å². The molecular weight excluding hydrogens is 571 g/mol. The molecule has 1 saturated carbocycles. The van der Waals surface area contributed by atoms with Gasteiger partial charge >= 0.3 is 35.7 Å². The van der Waals surface area contributed by atoms with Gasteiger partial charge in [0.25, 0.3) is 0 Å². The van der Waals surface area contributed by atoms with Crippen LogP contribution in [-0.2, 0) is 34.0 Å². The average Bonchev–Trinajstić information content (AvgIpc) is 3.20. The quantitative estimate of drug-likeness (QED) is 0.125. The summed E-state index contributed by atoms with van der Waals surface area (Å²) in [6, 6.07) is -2.84. The van der Waals surface area contributed by atoms with Gasteiger partial charge in [0.15, 0.2) is 5.78 Å². The fourth-order valence-electron chi connectivity index (χ4n) is 5.55. The Balaban J connectivity index is 0.00000588. The van der Waals surface area contributed by atoms with Gasteiger partial charge in [0.2, 0.25) is 23.2 Å². The molecule has 4 amide bonds. The number of amides is 4. The normalized spacial score (nSPS) is 22.1. The molecule has 1 unspecified atom stereocenters. The van der Waals surface area contributed by atoms with E-state index in [2.05, 4.69) is 16.0 Å². The van der Waals surface area contributed by atoms with Crippen LogP contribution in [0.3, 0.4) is 0 Å². The van der Waals surface area contributed by atoms with Crippen molar-refractivity contribution >= 4 is 39.7 Å². The zero-order valence-corrected chi connectivity index (χ0v) is 27.0. The number of hydrogen-bond acceptors (Lipinski definition) is 10. The van der Waals surface area contributed by atoms with E-state index < -0.39 is 57.2 Å². The van der Waals surface area contributed by atoms with Gasteiger partial charge in [-0.2, -0.15) is 0 Å². The van der Waals surface area contributed by atoms with Gasteiger partial charge in [-0.05, 0) is 38.0 Å².